The summed E-state index contributed by atoms with van der Waals surface area (Å²) >= 11 is 0. The summed E-state index contributed by atoms with van der Waals surface area (Å²) in [5, 5.41) is 9.14. The van der Waals surface area contributed by atoms with Gasteiger partial charge in [-0.25, -0.2) is 0 Å². The van der Waals surface area contributed by atoms with Crippen LogP contribution in [0.25, 0.3) is 0 Å². The van der Waals surface area contributed by atoms with E-state index in [2.05, 4.69) is 20.8 Å². The van der Waals surface area contributed by atoms with Crippen molar-refractivity contribution in [3.05, 3.63) is 0 Å². The van der Waals surface area contributed by atoms with Crippen LogP contribution in [0, 0.1) is 10.8 Å². The first kappa shape index (κ1) is 14.5. The quantitative estimate of drug-likeness (QED) is 0.743. The van der Waals surface area contributed by atoms with Crippen molar-refractivity contribution in [1.82, 2.24) is 0 Å². The molecule has 3 nitrogen and oxygen atoms in total. The van der Waals surface area contributed by atoms with Crippen LogP contribution in [0.1, 0.15) is 65.7 Å². The minimum Gasteiger partial charge on any atom is -0.481 e. The molecular formula is C14H27NO2. The number of hydrogen-bond acceptors (Lipinski definition) is 2. The maximum atomic E-state index is 11.1. The lowest BCUT2D eigenvalue weighted by atomic mass is 9.70. The van der Waals surface area contributed by atoms with Crippen molar-refractivity contribution >= 4 is 5.97 Å². The van der Waals surface area contributed by atoms with Gasteiger partial charge in [0.2, 0.25) is 0 Å². The van der Waals surface area contributed by atoms with E-state index >= 15 is 0 Å². The van der Waals surface area contributed by atoms with E-state index in [9.17, 15) is 4.79 Å². The van der Waals surface area contributed by atoms with E-state index in [0.717, 1.165) is 32.1 Å². The van der Waals surface area contributed by atoms with Gasteiger partial charge in [0.1, 0.15) is 0 Å². The molecule has 1 aliphatic rings. The molecule has 0 aliphatic heterocycles. The highest BCUT2D eigenvalue weighted by Crippen LogP contribution is 2.46. The van der Waals surface area contributed by atoms with Crippen molar-refractivity contribution in [2.24, 2.45) is 16.6 Å². The molecule has 3 heteroatoms. The number of carbonyl (C=O) groups is 1. The van der Waals surface area contributed by atoms with Gasteiger partial charge in [-0.3, -0.25) is 4.79 Å². The summed E-state index contributed by atoms with van der Waals surface area (Å²) in [6, 6.07) is 0.0208. The Hall–Kier alpha value is -0.570. The molecule has 2 unspecified atom stereocenters. The zero-order valence-electron chi connectivity index (χ0n) is 11.5. The fraction of sp³-hybridized carbons (Fsp3) is 0.929. The SMILES string of the molecule is CCC(N)C1(CC(=O)O)CCCC(C)(C)CC1. The van der Waals surface area contributed by atoms with E-state index in [-0.39, 0.29) is 17.9 Å². The molecular weight excluding hydrogens is 214 g/mol. The van der Waals surface area contributed by atoms with E-state index in [0.29, 0.717) is 5.41 Å². The lowest BCUT2D eigenvalue weighted by molar-refractivity contribution is -0.140. The summed E-state index contributed by atoms with van der Waals surface area (Å²) in [6.45, 7) is 6.62. The highest BCUT2D eigenvalue weighted by molar-refractivity contribution is 5.67. The fourth-order valence-corrected chi connectivity index (χ4v) is 3.17. The van der Waals surface area contributed by atoms with E-state index in [1.165, 1.54) is 6.42 Å². The van der Waals surface area contributed by atoms with E-state index in [1.54, 1.807) is 0 Å². The van der Waals surface area contributed by atoms with E-state index in [1.807, 2.05) is 0 Å². The van der Waals surface area contributed by atoms with Crippen LogP contribution >= 0.6 is 0 Å². The summed E-state index contributed by atoms with van der Waals surface area (Å²) in [5.74, 6) is -0.700. The van der Waals surface area contributed by atoms with Gasteiger partial charge in [-0.2, -0.15) is 0 Å². The van der Waals surface area contributed by atoms with Gasteiger partial charge >= 0.3 is 5.97 Å². The highest BCUT2D eigenvalue weighted by atomic mass is 16.4. The second-order valence-electron chi connectivity index (χ2n) is 6.47. The Balaban J connectivity index is 2.86. The summed E-state index contributed by atoms with van der Waals surface area (Å²) in [5.41, 5.74) is 6.39. The number of rotatable bonds is 4. The first-order chi connectivity index (χ1) is 7.81. The molecule has 0 heterocycles. The molecule has 0 bridgehead atoms. The molecule has 1 rings (SSSR count). The van der Waals surface area contributed by atoms with Crippen molar-refractivity contribution in [3.63, 3.8) is 0 Å². The number of carboxylic acid groups (broad SMARTS) is 1. The molecule has 1 aliphatic carbocycles. The summed E-state index contributed by atoms with van der Waals surface area (Å²) in [6.07, 6.45) is 6.41. The highest BCUT2D eigenvalue weighted by Gasteiger charge is 2.41. The minimum atomic E-state index is -0.700. The van der Waals surface area contributed by atoms with Gasteiger partial charge in [-0.1, -0.05) is 27.2 Å². The summed E-state index contributed by atoms with van der Waals surface area (Å²) in [7, 11) is 0. The second-order valence-corrected chi connectivity index (χ2v) is 6.47. The van der Waals surface area contributed by atoms with Crippen LogP contribution in [0.5, 0.6) is 0 Å². The minimum absolute atomic E-state index is 0.0208. The number of carboxylic acids is 1. The molecule has 1 saturated carbocycles. The number of aliphatic carboxylic acids is 1. The zero-order chi connectivity index (χ0) is 13.1. The van der Waals surface area contributed by atoms with Gasteiger partial charge in [0.15, 0.2) is 0 Å². The van der Waals surface area contributed by atoms with Crippen LogP contribution in [0.3, 0.4) is 0 Å². The third-order valence-electron chi connectivity index (χ3n) is 4.56. The van der Waals surface area contributed by atoms with Gasteiger partial charge < -0.3 is 10.8 Å². The lowest BCUT2D eigenvalue weighted by Crippen LogP contribution is -2.42. The maximum Gasteiger partial charge on any atom is 0.303 e. The van der Waals surface area contributed by atoms with Crippen molar-refractivity contribution < 1.29 is 9.90 Å². The largest absolute Gasteiger partial charge is 0.481 e. The maximum absolute atomic E-state index is 11.1. The average Bonchev–Trinajstić information content (AvgIpc) is 2.37. The molecule has 1 fully saturated rings. The van der Waals surface area contributed by atoms with Gasteiger partial charge in [-0.05, 0) is 42.9 Å². The summed E-state index contributed by atoms with van der Waals surface area (Å²) in [4.78, 5) is 11.1. The number of hydrogen-bond donors (Lipinski definition) is 2. The Kier molecular flexibility index (Phi) is 4.59. The molecule has 3 N–H and O–H groups in total. The third kappa shape index (κ3) is 3.70. The molecule has 0 aromatic heterocycles. The predicted molar refractivity (Wildman–Crippen MR) is 69.8 cm³/mol. The molecule has 0 saturated heterocycles. The van der Waals surface area contributed by atoms with Crippen molar-refractivity contribution in [3.8, 4) is 0 Å². The molecule has 17 heavy (non-hydrogen) atoms. The Labute approximate surface area is 105 Å². The van der Waals surface area contributed by atoms with Crippen molar-refractivity contribution in [1.29, 1.82) is 0 Å². The Morgan fingerprint density at radius 1 is 1.29 bits per heavy atom. The van der Waals surface area contributed by atoms with Gasteiger partial charge in [0.05, 0.1) is 6.42 Å². The smallest absolute Gasteiger partial charge is 0.303 e. The normalized spacial score (nSPS) is 30.6. The average molecular weight is 241 g/mol. The van der Waals surface area contributed by atoms with Gasteiger partial charge in [0.25, 0.3) is 0 Å². The van der Waals surface area contributed by atoms with E-state index < -0.39 is 5.97 Å². The molecule has 0 aromatic rings. The fourth-order valence-electron chi connectivity index (χ4n) is 3.17. The standard InChI is InChI=1S/C14H27NO2/c1-4-11(15)14(10-12(16)17)7-5-6-13(2,3)8-9-14/h11H,4-10,15H2,1-3H3,(H,16,17). The van der Waals surface area contributed by atoms with Crippen molar-refractivity contribution in [2.45, 2.75) is 71.8 Å². The van der Waals surface area contributed by atoms with Crippen LogP contribution in [0.2, 0.25) is 0 Å². The zero-order valence-corrected chi connectivity index (χ0v) is 11.5. The van der Waals surface area contributed by atoms with Gasteiger partial charge in [0, 0.05) is 6.04 Å². The first-order valence-corrected chi connectivity index (χ1v) is 6.79. The van der Waals surface area contributed by atoms with Gasteiger partial charge in [-0.15, -0.1) is 0 Å². The van der Waals surface area contributed by atoms with Crippen LogP contribution in [0.15, 0.2) is 0 Å². The topological polar surface area (TPSA) is 63.3 Å². The van der Waals surface area contributed by atoms with E-state index in [4.69, 9.17) is 10.8 Å². The Morgan fingerprint density at radius 3 is 2.47 bits per heavy atom. The molecule has 0 amide bonds. The third-order valence-corrected chi connectivity index (χ3v) is 4.56. The first-order valence-electron chi connectivity index (χ1n) is 6.79. The molecule has 0 aromatic carbocycles. The Morgan fingerprint density at radius 2 is 1.94 bits per heavy atom. The predicted octanol–water partition coefficient (Wildman–Crippen LogP) is 3.18. The van der Waals surface area contributed by atoms with Crippen LogP contribution in [0.4, 0.5) is 0 Å². The molecule has 100 valence electrons. The molecule has 0 spiro atoms. The Bertz CT molecular complexity index is 275. The van der Waals surface area contributed by atoms with Crippen LogP contribution in [-0.4, -0.2) is 17.1 Å². The van der Waals surface area contributed by atoms with Crippen LogP contribution in [-0.2, 0) is 4.79 Å². The molecule has 2 atom stereocenters. The summed E-state index contributed by atoms with van der Waals surface area (Å²) < 4.78 is 0. The molecule has 0 radical (unpaired) electrons. The lowest BCUT2D eigenvalue weighted by Gasteiger charge is -2.37. The van der Waals surface area contributed by atoms with Crippen molar-refractivity contribution in [2.75, 3.05) is 0 Å². The monoisotopic (exact) mass is 241 g/mol. The number of nitrogens with two attached hydrogens (primary N) is 1. The van der Waals surface area contributed by atoms with Crippen LogP contribution < -0.4 is 5.73 Å². The second kappa shape index (κ2) is 5.38.